The minimum absolute atomic E-state index is 0.172. The molecule has 1 aromatic carbocycles. The minimum Gasteiger partial charge on any atom is -0.381 e. The van der Waals surface area contributed by atoms with Crippen molar-refractivity contribution in [2.75, 3.05) is 66.9 Å². The molecule has 0 saturated carbocycles. The number of nitrogens with one attached hydrogen (secondary N) is 2. The Morgan fingerprint density at radius 3 is 2.48 bits per heavy atom. The molecule has 0 unspecified atom stereocenters. The van der Waals surface area contributed by atoms with Crippen LogP contribution in [0.15, 0.2) is 48.8 Å². The monoisotopic (exact) mass is 681 g/mol. The summed E-state index contributed by atoms with van der Waals surface area (Å²) in [6.45, 7) is 8.90. The van der Waals surface area contributed by atoms with Crippen LogP contribution in [0, 0.1) is 0 Å². The molecule has 3 aromatic heterocycles. The summed E-state index contributed by atoms with van der Waals surface area (Å²) in [6, 6.07) is 12.1. The second kappa shape index (κ2) is 14.6. The summed E-state index contributed by atoms with van der Waals surface area (Å²) in [5.41, 5.74) is 2.96. The topological polar surface area (TPSA) is 137 Å². The Hall–Kier alpha value is -4.82. The van der Waals surface area contributed by atoms with Crippen LogP contribution in [0.2, 0.25) is 0 Å². The molecule has 264 valence electrons. The first kappa shape index (κ1) is 33.7. The molecule has 3 amide bonds. The number of para-hydroxylation sites is 1. The molecule has 14 heteroatoms. The number of aromatic nitrogens is 5. The number of hydrogen-bond donors (Lipinski definition) is 2. The second-order valence-electron chi connectivity index (χ2n) is 13.8. The number of pyridine rings is 1. The fourth-order valence-corrected chi connectivity index (χ4v) is 7.32. The van der Waals surface area contributed by atoms with Gasteiger partial charge in [-0.1, -0.05) is 18.2 Å². The molecule has 0 radical (unpaired) electrons. The number of carbonyl (C=O) groups excluding carboxylic acids is 2. The number of piperidine rings is 2. The van der Waals surface area contributed by atoms with E-state index in [1.165, 1.54) is 0 Å². The zero-order valence-electron chi connectivity index (χ0n) is 29.4. The first-order valence-electron chi connectivity index (χ1n) is 17.7. The largest absolute Gasteiger partial charge is 0.381 e. The third kappa shape index (κ3) is 7.08. The lowest BCUT2D eigenvalue weighted by Gasteiger charge is -2.37. The number of ether oxygens (including phenoxy) is 1. The number of amides is 3. The molecule has 7 rings (SSSR count). The first-order chi connectivity index (χ1) is 24.3. The molecular formula is C36H47N11O3. The van der Waals surface area contributed by atoms with Gasteiger partial charge in [-0.15, -0.1) is 0 Å². The number of anilines is 5. The van der Waals surface area contributed by atoms with Gasteiger partial charge in [0, 0.05) is 89.0 Å². The number of nitrogens with zero attached hydrogens (tertiary/aromatic N) is 9. The van der Waals surface area contributed by atoms with Gasteiger partial charge in [0.05, 0.1) is 17.0 Å². The van der Waals surface area contributed by atoms with Gasteiger partial charge in [-0.3, -0.25) is 24.6 Å². The maximum Gasteiger partial charge on any atom is 0.328 e. The highest BCUT2D eigenvalue weighted by molar-refractivity contribution is 6.05. The summed E-state index contributed by atoms with van der Waals surface area (Å²) in [7, 11) is 3.93. The van der Waals surface area contributed by atoms with Gasteiger partial charge in [0.1, 0.15) is 11.6 Å². The van der Waals surface area contributed by atoms with Crippen molar-refractivity contribution in [1.82, 2.24) is 34.9 Å². The van der Waals surface area contributed by atoms with Crippen molar-refractivity contribution in [3.05, 3.63) is 54.4 Å². The van der Waals surface area contributed by atoms with Crippen LogP contribution >= 0.6 is 0 Å². The molecule has 0 spiro atoms. The Balaban J connectivity index is 1.02. The zero-order valence-corrected chi connectivity index (χ0v) is 29.4. The average Bonchev–Trinajstić information content (AvgIpc) is 3.51. The molecule has 3 aliphatic heterocycles. The number of fused-ring (bicyclic) bond motifs is 1. The number of rotatable bonds is 10. The van der Waals surface area contributed by atoms with Crippen LogP contribution < -0.4 is 25.3 Å². The van der Waals surface area contributed by atoms with Crippen molar-refractivity contribution in [1.29, 1.82) is 0 Å². The summed E-state index contributed by atoms with van der Waals surface area (Å²) in [6.07, 6.45) is 8.22. The highest BCUT2D eigenvalue weighted by Gasteiger charge is 2.29. The molecule has 14 nitrogen and oxygen atoms in total. The first-order valence-corrected chi connectivity index (χ1v) is 17.7. The van der Waals surface area contributed by atoms with Gasteiger partial charge in [0.25, 0.3) is 0 Å². The predicted molar refractivity (Wildman–Crippen MR) is 194 cm³/mol. The van der Waals surface area contributed by atoms with Gasteiger partial charge >= 0.3 is 6.03 Å². The molecule has 0 atom stereocenters. The normalized spacial score (nSPS) is 18.1. The van der Waals surface area contributed by atoms with Gasteiger partial charge in [-0.05, 0) is 64.3 Å². The Bertz CT molecular complexity index is 1830. The average molecular weight is 682 g/mol. The summed E-state index contributed by atoms with van der Waals surface area (Å²) in [5, 5.41) is 12.0. The van der Waals surface area contributed by atoms with E-state index in [1.54, 1.807) is 18.2 Å². The van der Waals surface area contributed by atoms with Gasteiger partial charge in [0.2, 0.25) is 11.9 Å². The smallest absolute Gasteiger partial charge is 0.328 e. The summed E-state index contributed by atoms with van der Waals surface area (Å²) in [4.78, 5) is 47.1. The fourth-order valence-electron chi connectivity index (χ4n) is 7.32. The van der Waals surface area contributed by atoms with Gasteiger partial charge < -0.3 is 19.9 Å². The van der Waals surface area contributed by atoms with E-state index in [4.69, 9.17) is 19.8 Å². The third-order valence-corrected chi connectivity index (χ3v) is 10.2. The van der Waals surface area contributed by atoms with Gasteiger partial charge in [-0.25, -0.2) is 14.8 Å². The molecular weight excluding hydrogens is 634 g/mol. The van der Waals surface area contributed by atoms with E-state index in [-0.39, 0.29) is 18.0 Å². The standard InChI is InChI=1S/C36H47N11O3/c1-24(2)47-30-21-32(39-31-9-15-37-35(40-31)45-18-12-27(50-4)13-19-45)38-22-28(30)34(42-47)44-16-10-26(11-17-44)43(3)23-25-7-5-6-8-29(25)46-20-14-33(48)41-36(46)49/h5-9,15,21-22,24,26-27H,10-14,16-20,23H2,1-4H3,(H,41,48,49)(H,37,38,39,40). The number of hydrogen-bond acceptors (Lipinski definition) is 11. The molecule has 3 fully saturated rings. The van der Waals surface area contributed by atoms with Crippen LogP contribution in [0.4, 0.5) is 33.9 Å². The van der Waals surface area contributed by atoms with E-state index >= 15 is 0 Å². The van der Waals surface area contributed by atoms with Crippen LogP contribution in [-0.2, 0) is 16.1 Å². The quantitative estimate of drug-likeness (QED) is 0.241. The van der Waals surface area contributed by atoms with E-state index in [9.17, 15) is 9.59 Å². The van der Waals surface area contributed by atoms with E-state index < -0.39 is 0 Å². The highest BCUT2D eigenvalue weighted by atomic mass is 16.5. The second-order valence-corrected chi connectivity index (χ2v) is 13.8. The maximum atomic E-state index is 12.6. The lowest BCUT2D eigenvalue weighted by Crippen LogP contribution is -2.50. The third-order valence-electron chi connectivity index (χ3n) is 10.2. The molecule has 0 aliphatic carbocycles. The maximum absolute atomic E-state index is 12.6. The number of methoxy groups -OCH3 is 1. The Labute approximate surface area is 292 Å². The lowest BCUT2D eigenvalue weighted by atomic mass is 10.0. The highest BCUT2D eigenvalue weighted by Crippen LogP contribution is 2.33. The van der Waals surface area contributed by atoms with Crippen LogP contribution in [0.25, 0.3) is 10.9 Å². The van der Waals surface area contributed by atoms with Crippen molar-refractivity contribution in [3.63, 3.8) is 0 Å². The van der Waals surface area contributed by atoms with Gasteiger partial charge in [0.15, 0.2) is 5.82 Å². The number of benzene rings is 1. The van der Waals surface area contributed by atoms with E-state index in [2.05, 4.69) is 68.0 Å². The van der Waals surface area contributed by atoms with Crippen molar-refractivity contribution in [3.8, 4) is 0 Å². The Kier molecular flexibility index (Phi) is 9.81. The van der Waals surface area contributed by atoms with Crippen LogP contribution in [-0.4, -0.2) is 101 Å². The summed E-state index contributed by atoms with van der Waals surface area (Å²) >= 11 is 0. The van der Waals surface area contributed by atoms with Crippen molar-refractivity contribution < 1.29 is 14.3 Å². The van der Waals surface area contributed by atoms with Gasteiger partial charge in [-0.2, -0.15) is 10.1 Å². The molecule has 3 aliphatic rings. The van der Waals surface area contributed by atoms with E-state index in [1.807, 2.05) is 30.5 Å². The van der Waals surface area contributed by atoms with Crippen LogP contribution in [0.5, 0.6) is 0 Å². The predicted octanol–water partition coefficient (Wildman–Crippen LogP) is 4.71. The van der Waals surface area contributed by atoms with E-state index in [0.29, 0.717) is 49.2 Å². The van der Waals surface area contributed by atoms with Crippen molar-refractivity contribution in [2.45, 2.75) is 70.7 Å². The fraction of sp³-hybridized carbons (Fsp3) is 0.500. The van der Waals surface area contributed by atoms with Crippen LogP contribution in [0.3, 0.4) is 0 Å². The number of urea groups is 1. The summed E-state index contributed by atoms with van der Waals surface area (Å²) < 4.78 is 7.61. The molecule has 2 N–H and O–H groups in total. The molecule has 4 aromatic rings. The molecule has 6 heterocycles. The molecule has 50 heavy (non-hydrogen) atoms. The van der Waals surface area contributed by atoms with Crippen LogP contribution in [0.1, 0.15) is 57.6 Å². The number of imide groups is 1. The SMILES string of the molecule is COC1CCN(c2nccc(Nc3cc4c(cn3)c(N3CCC(N(C)Cc5ccccc5N5CCC(=O)NC5=O)CC3)nn4C(C)C)n2)CC1. The number of carbonyl (C=O) groups is 2. The van der Waals surface area contributed by atoms with E-state index in [0.717, 1.165) is 79.8 Å². The van der Waals surface area contributed by atoms with Crippen molar-refractivity contribution in [2.24, 2.45) is 0 Å². The Morgan fingerprint density at radius 1 is 0.980 bits per heavy atom. The summed E-state index contributed by atoms with van der Waals surface area (Å²) in [5.74, 6) is 2.87. The minimum atomic E-state index is -0.354. The lowest BCUT2D eigenvalue weighted by molar-refractivity contribution is -0.120. The van der Waals surface area contributed by atoms with Crippen molar-refractivity contribution >= 4 is 51.9 Å². The Morgan fingerprint density at radius 2 is 1.74 bits per heavy atom. The zero-order chi connectivity index (χ0) is 34.8. The molecule has 3 saturated heterocycles. The molecule has 0 bridgehead atoms.